The van der Waals surface area contributed by atoms with Gasteiger partial charge >= 0.3 is 0 Å². The summed E-state index contributed by atoms with van der Waals surface area (Å²) in [5.41, 5.74) is 0.927. The highest BCUT2D eigenvalue weighted by Gasteiger charge is 2.16. The lowest BCUT2D eigenvalue weighted by Crippen LogP contribution is -2.31. The van der Waals surface area contributed by atoms with E-state index in [0.717, 1.165) is 25.0 Å². The number of ketones is 3. The summed E-state index contributed by atoms with van der Waals surface area (Å²) in [5.74, 6) is -0.118. The Kier molecular flexibility index (Phi) is 24.3. The average Bonchev–Trinajstić information content (AvgIpc) is 3.54. The number of ether oxygens (including phenoxy) is 4. The number of unbranched alkanes of at least 4 members (excludes halogenated alkanes) is 1. The molecular weight excluding hydrogens is 584 g/mol. The van der Waals surface area contributed by atoms with Crippen molar-refractivity contribution in [1.82, 2.24) is 20.6 Å². The van der Waals surface area contributed by atoms with Crippen LogP contribution in [0, 0.1) is 5.92 Å². The second-order valence-corrected chi connectivity index (χ2v) is 10.9. The molecule has 0 aliphatic carbocycles. The molecule has 0 spiro atoms. The summed E-state index contributed by atoms with van der Waals surface area (Å²) in [6.45, 7) is 6.25. The maximum Gasteiger partial charge on any atom is 0.246 e. The van der Waals surface area contributed by atoms with E-state index in [9.17, 15) is 24.0 Å². The lowest BCUT2D eigenvalue weighted by atomic mass is 9.91. The second-order valence-electron chi connectivity index (χ2n) is 10.9. The van der Waals surface area contributed by atoms with Crippen LogP contribution in [0.15, 0.2) is 12.5 Å². The van der Waals surface area contributed by atoms with Gasteiger partial charge < -0.3 is 34.6 Å². The van der Waals surface area contributed by atoms with Crippen molar-refractivity contribution in [3.8, 4) is 0 Å². The summed E-state index contributed by atoms with van der Waals surface area (Å²) in [6.07, 6.45) is 10.2. The van der Waals surface area contributed by atoms with E-state index in [1.165, 1.54) is 0 Å². The Morgan fingerprint density at radius 2 is 1.38 bits per heavy atom. The van der Waals surface area contributed by atoms with Crippen LogP contribution in [0.5, 0.6) is 0 Å². The molecule has 1 aromatic rings. The van der Waals surface area contributed by atoms with Gasteiger partial charge in [-0.3, -0.25) is 24.0 Å². The predicted molar refractivity (Wildman–Crippen MR) is 168 cm³/mol. The largest absolute Gasteiger partial charge is 0.379 e. The summed E-state index contributed by atoms with van der Waals surface area (Å²) < 4.78 is 21.4. The zero-order valence-corrected chi connectivity index (χ0v) is 27.2. The lowest BCUT2D eigenvalue weighted by molar-refractivity contribution is -0.127. The fourth-order valence-electron chi connectivity index (χ4n) is 4.36. The molecule has 13 heteroatoms. The molecule has 1 aromatic heterocycles. The third-order valence-corrected chi connectivity index (χ3v) is 6.93. The van der Waals surface area contributed by atoms with E-state index in [2.05, 4.69) is 20.6 Å². The number of H-pyrrole nitrogens is 1. The number of nitrogens with zero attached hydrogens (tertiary/aromatic N) is 1. The average molecular weight is 639 g/mol. The Balaban J connectivity index is 1.90. The van der Waals surface area contributed by atoms with Gasteiger partial charge in [-0.05, 0) is 45.4 Å². The molecule has 0 unspecified atom stereocenters. The number of hydrogen-bond acceptors (Lipinski definition) is 10. The van der Waals surface area contributed by atoms with Gasteiger partial charge in [0, 0.05) is 63.2 Å². The molecule has 0 bridgehead atoms. The number of aryl methyl sites for hydroxylation is 1. The van der Waals surface area contributed by atoms with Crippen molar-refractivity contribution in [2.24, 2.45) is 5.92 Å². The molecule has 0 aliphatic heterocycles. The van der Waals surface area contributed by atoms with Gasteiger partial charge in [0.25, 0.3) is 0 Å². The molecule has 0 saturated carbocycles. The van der Waals surface area contributed by atoms with E-state index in [4.69, 9.17) is 18.9 Å². The molecule has 256 valence electrons. The second kappa shape index (κ2) is 27.3. The van der Waals surface area contributed by atoms with Crippen molar-refractivity contribution < 1.29 is 42.9 Å². The first-order valence-electron chi connectivity index (χ1n) is 16.2. The number of aromatic nitrogens is 2. The highest BCUT2D eigenvalue weighted by atomic mass is 16.5. The highest BCUT2D eigenvalue weighted by Crippen LogP contribution is 2.17. The number of rotatable bonds is 31. The molecule has 3 N–H and O–H groups in total. The monoisotopic (exact) mass is 638 g/mol. The Morgan fingerprint density at radius 3 is 2.02 bits per heavy atom. The van der Waals surface area contributed by atoms with Crippen molar-refractivity contribution in [2.45, 2.75) is 84.5 Å². The van der Waals surface area contributed by atoms with Gasteiger partial charge in [0.1, 0.15) is 30.6 Å². The molecule has 0 saturated heterocycles. The van der Waals surface area contributed by atoms with Crippen LogP contribution in [0.3, 0.4) is 0 Å². The Hall–Kier alpha value is -3.00. The van der Waals surface area contributed by atoms with Crippen LogP contribution in [0.1, 0.15) is 83.7 Å². The standard InChI is InChI=1S/C32H54N4O9/c1-3-7-29(38)9-6-16-42-18-20-44-24-32(41)35-15-17-43-19-21-45-23-31(40)34-14-5-4-8-27(26(2)37)10-12-30(39)13-11-28-22-33-25-36-28/h22,25,27H,3-21,23-24H2,1-2H3,(H,33,36)(H,34,40)(H,35,41)/t27-/m1/s1. The minimum absolute atomic E-state index is 0.0667. The minimum atomic E-state index is -0.249. The summed E-state index contributed by atoms with van der Waals surface area (Å²) in [6, 6.07) is 0. The quantitative estimate of drug-likeness (QED) is 0.103. The molecule has 13 nitrogen and oxygen atoms in total. The molecule has 45 heavy (non-hydrogen) atoms. The van der Waals surface area contributed by atoms with E-state index in [-0.39, 0.29) is 54.9 Å². The Bertz CT molecular complexity index is 956. The maximum atomic E-state index is 12.2. The van der Waals surface area contributed by atoms with Crippen LogP contribution in [-0.4, -0.2) is 105 Å². The summed E-state index contributed by atoms with van der Waals surface area (Å²) in [7, 11) is 0. The Labute approximate surface area is 267 Å². The van der Waals surface area contributed by atoms with Crippen LogP contribution in [0.2, 0.25) is 0 Å². The first-order chi connectivity index (χ1) is 21.8. The van der Waals surface area contributed by atoms with Gasteiger partial charge in [-0.15, -0.1) is 0 Å². The first-order valence-corrected chi connectivity index (χ1v) is 16.2. The smallest absolute Gasteiger partial charge is 0.246 e. The van der Waals surface area contributed by atoms with Gasteiger partial charge in [0.05, 0.1) is 39.4 Å². The van der Waals surface area contributed by atoms with Gasteiger partial charge in [-0.25, -0.2) is 4.98 Å². The fraction of sp³-hybridized carbons (Fsp3) is 0.750. The molecule has 0 aromatic carbocycles. The fourth-order valence-corrected chi connectivity index (χ4v) is 4.36. The summed E-state index contributed by atoms with van der Waals surface area (Å²) >= 11 is 0. The summed E-state index contributed by atoms with van der Waals surface area (Å²) in [5, 5.41) is 5.49. The van der Waals surface area contributed by atoms with Crippen molar-refractivity contribution in [3.05, 3.63) is 18.2 Å². The number of carbonyl (C=O) groups is 5. The van der Waals surface area contributed by atoms with Crippen LogP contribution in [0.25, 0.3) is 0 Å². The normalized spacial score (nSPS) is 11.7. The number of Topliss-reactive ketones (excluding diaryl/α,β-unsaturated/α-hetero) is 3. The zero-order chi connectivity index (χ0) is 33.0. The number of nitrogens with one attached hydrogen (secondary N) is 3. The molecule has 0 fully saturated rings. The molecule has 1 heterocycles. The zero-order valence-electron chi connectivity index (χ0n) is 27.2. The Morgan fingerprint density at radius 1 is 0.733 bits per heavy atom. The van der Waals surface area contributed by atoms with Crippen molar-refractivity contribution in [2.75, 3.05) is 65.9 Å². The van der Waals surface area contributed by atoms with Crippen LogP contribution in [0.4, 0.5) is 0 Å². The van der Waals surface area contributed by atoms with E-state index in [0.29, 0.717) is 97.5 Å². The number of imidazole rings is 1. The van der Waals surface area contributed by atoms with E-state index in [1.807, 2.05) is 6.92 Å². The van der Waals surface area contributed by atoms with Crippen molar-refractivity contribution >= 4 is 29.2 Å². The van der Waals surface area contributed by atoms with E-state index >= 15 is 0 Å². The molecular formula is C32H54N4O9. The molecule has 0 radical (unpaired) electrons. The lowest BCUT2D eigenvalue weighted by Gasteiger charge is -2.13. The van der Waals surface area contributed by atoms with Crippen LogP contribution in [-0.2, 0) is 49.3 Å². The number of carbonyl (C=O) groups excluding carboxylic acids is 5. The topological polar surface area (TPSA) is 175 Å². The van der Waals surface area contributed by atoms with Gasteiger partial charge in [0.2, 0.25) is 11.8 Å². The first kappa shape index (κ1) is 40.0. The number of hydrogen-bond donors (Lipinski definition) is 3. The predicted octanol–water partition coefficient (Wildman–Crippen LogP) is 2.52. The minimum Gasteiger partial charge on any atom is -0.379 e. The highest BCUT2D eigenvalue weighted by molar-refractivity contribution is 5.81. The van der Waals surface area contributed by atoms with Crippen molar-refractivity contribution in [1.29, 1.82) is 0 Å². The van der Waals surface area contributed by atoms with Gasteiger partial charge in [-0.2, -0.15) is 0 Å². The molecule has 2 amide bonds. The SMILES string of the molecule is CCCC(=O)CCCOCCOCC(=O)NCCOCCOCC(=O)NCCCC[C@H](CCC(=O)CCc1cnc[nH]1)C(C)=O. The van der Waals surface area contributed by atoms with Gasteiger partial charge in [0.15, 0.2) is 0 Å². The number of aromatic amines is 1. The molecule has 1 atom stereocenters. The molecule has 0 aliphatic rings. The van der Waals surface area contributed by atoms with E-state index in [1.54, 1.807) is 19.4 Å². The number of amides is 2. The van der Waals surface area contributed by atoms with E-state index < -0.39 is 0 Å². The van der Waals surface area contributed by atoms with Gasteiger partial charge in [-0.1, -0.05) is 13.3 Å². The maximum absolute atomic E-state index is 12.2. The third-order valence-electron chi connectivity index (χ3n) is 6.93. The third kappa shape index (κ3) is 24.0. The summed E-state index contributed by atoms with van der Waals surface area (Å²) in [4.78, 5) is 66.2. The van der Waals surface area contributed by atoms with Crippen molar-refractivity contribution in [3.63, 3.8) is 0 Å². The molecule has 1 rings (SSSR count). The van der Waals surface area contributed by atoms with Crippen LogP contribution >= 0.6 is 0 Å². The van der Waals surface area contributed by atoms with Crippen LogP contribution < -0.4 is 10.6 Å².